The van der Waals surface area contributed by atoms with Gasteiger partial charge in [0.25, 0.3) is 15.9 Å². The van der Waals surface area contributed by atoms with Crippen molar-refractivity contribution in [1.29, 1.82) is 0 Å². The van der Waals surface area contributed by atoms with E-state index in [9.17, 15) is 13.2 Å². The smallest absolute Gasteiger partial charge is 0.262 e. The highest BCUT2D eigenvalue weighted by molar-refractivity contribution is 7.92. The highest BCUT2D eigenvalue weighted by Gasteiger charge is 2.20. The fourth-order valence-corrected chi connectivity index (χ4v) is 4.61. The second kappa shape index (κ2) is 8.68. The van der Waals surface area contributed by atoms with Gasteiger partial charge in [-0.3, -0.25) is 9.52 Å². The number of carbonyl (C=O) groups excluding carboxylic acids is 1. The number of rotatable bonds is 5. The van der Waals surface area contributed by atoms with E-state index >= 15 is 0 Å². The number of carbonyl (C=O) groups is 1. The number of benzene rings is 3. The van der Waals surface area contributed by atoms with E-state index in [1.54, 1.807) is 43.3 Å². The Morgan fingerprint density at radius 1 is 0.867 bits per heavy atom. The van der Waals surface area contributed by atoms with Gasteiger partial charge >= 0.3 is 0 Å². The summed E-state index contributed by atoms with van der Waals surface area (Å²) in [5, 5.41) is 3.18. The first-order valence-electron chi connectivity index (χ1n) is 9.04. The molecule has 3 rings (SSSR count). The quantitative estimate of drug-likeness (QED) is 0.490. The summed E-state index contributed by atoms with van der Waals surface area (Å²) in [4.78, 5) is 12.7. The van der Waals surface area contributed by atoms with Crippen LogP contribution in [0.4, 0.5) is 11.4 Å². The van der Waals surface area contributed by atoms with E-state index < -0.39 is 15.9 Å². The molecule has 3 aromatic rings. The number of hydrogen-bond acceptors (Lipinski definition) is 3. The highest BCUT2D eigenvalue weighted by atomic mass is 35.5. The number of sulfonamides is 1. The monoisotopic (exact) mass is 462 g/mol. The van der Waals surface area contributed by atoms with Crippen LogP contribution in [-0.2, 0) is 10.0 Å². The fraction of sp³-hybridized carbons (Fsp3) is 0.136. The van der Waals surface area contributed by atoms with Crippen LogP contribution in [0.15, 0.2) is 59.5 Å². The molecule has 30 heavy (non-hydrogen) atoms. The molecule has 0 atom stereocenters. The lowest BCUT2D eigenvalue weighted by atomic mass is 10.1. The van der Waals surface area contributed by atoms with Crippen molar-refractivity contribution in [3.8, 4) is 0 Å². The summed E-state index contributed by atoms with van der Waals surface area (Å²) in [6.07, 6.45) is 0. The van der Waals surface area contributed by atoms with Gasteiger partial charge in [0, 0.05) is 5.56 Å². The second-order valence-corrected chi connectivity index (χ2v) is 9.40. The third-order valence-electron chi connectivity index (χ3n) is 4.58. The minimum atomic E-state index is -3.90. The fourth-order valence-electron chi connectivity index (χ4n) is 2.87. The number of amides is 1. The standard InChI is InChI=1S/C22H20Cl2N2O3S/c1-13-7-8-14(2)19(11-13)26-30(28,29)20-12-16(10-9-15(20)3)22(27)25-18-6-4-5-17(23)21(18)24/h4-12,26H,1-3H3,(H,25,27). The Labute approximate surface area is 186 Å². The molecular formula is C22H20Cl2N2O3S. The van der Waals surface area contributed by atoms with Crippen LogP contribution in [0.2, 0.25) is 10.0 Å². The zero-order valence-electron chi connectivity index (χ0n) is 16.6. The normalized spacial score (nSPS) is 11.2. The molecule has 0 spiro atoms. The van der Waals surface area contributed by atoms with Crippen molar-refractivity contribution in [2.45, 2.75) is 25.7 Å². The summed E-state index contributed by atoms with van der Waals surface area (Å²) < 4.78 is 28.7. The van der Waals surface area contributed by atoms with Crippen LogP contribution in [0.5, 0.6) is 0 Å². The number of hydrogen-bond donors (Lipinski definition) is 2. The summed E-state index contributed by atoms with van der Waals surface area (Å²) in [5.74, 6) is -0.498. The molecule has 0 aliphatic carbocycles. The van der Waals surface area contributed by atoms with Crippen LogP contribution in [0, 0.1) is 20.8 Å². The number of anilines is 2. The minimum absolute atomic E-state index is 0.0215. The number of halogens is 2. The van der Waals surface area contributed by atoms with Gasteiger partial charge in [0.2, 0.25) is 0 Å². The van der Waals surface area contributed by atoms with Crippen molar-refractivity contribution in [2.75, 3.05) is 10.0 Å². The maximum atomic E-state index is 13.0. The van der Waals surface area contributed by atoms with Gasteiger partial charge < -0.3 is 5.32 Å². The first-order valence-corrected chi connectivity index (χ1v) is 11.3. The molecule has 0 saturated heterocycles. The van der Waals surface area contributed by atoms with Crippen LogP contribution in [0.1, 0.15) is 27.0 Å². The van der Waals surface area contributed by atoms with Crippen molar-refractivity contribution >= 4 is 50.5 Å². The van der Waals surface area contributed by atoms with E-state index in [1.807, 2.05) is 26.0 Å². The number of nitrogens with one attached hydrogen (secondary N) is 2. The van der Waals surface area contributed by atoms with E-state index in [4.69, 9.17) is 23.2 Å². The van der Waals surface area contributed by atoms with Gasteiger partial charge in [-0.05, 0) is 67.8 Å². The zero-order valence-corrected chi connectivity index (χ0v) is 18.9. The third kappa shape index (κ3) is 4.78. The summed E-state index contributed by atoms with van der Waals surface area (Å²) in [5.41, 5.74) is 3.26. The molecule has 1 amide bonds. The molecule has 2 N–H and O–H groups in total. The van der Waals surface area contributed by atoms with Gasteiger partial charge in [-0.1, -0.05) is 47.5 Å². The van der Waals surface area contributed by atoms with Crippen LogP contribution in [-0.4, -0.2) is 14.3 Å². The van der Waals surface area contributed by atoms with Crippen molar-refractivity contribution in [3.05, 3.63) is 86.9 Å². The summed E-state index contributed by atoms with van der Waals surface area (Å²) in [6.45, 7) is 5.38. The summed E-state index contributed by atoms with van der Waals surface area (Å²) in [7, 11) is -3.90. The lowest BCUT2D eigenvalue weighted by Crippen LogP contribution is -2.17. The van der Waals surface area contributed by atoms with Gasteiger partial charge in [0.05, 0.1) is 26.3 Å². The molecule has 0 saturated carbocycles. The topological polar surface area (TPSA) is 75.3 Å². The molecule has 8 heteroatoms. The van der Waals surface area contributed by atoms with E-state index in [-0.39, 0.29) is 15.5 Å². The van der Waals surface area contributed by atoms with E-state index in [0.29, 0.717) is 22.0 Å². The Hall–Kier alpha value is -2.54. The predicted octanol–water partition coefficient (Wildman–Crippen LogP) is 5.97. The molecule has 156 valence electrons. The van der Waals surface area contributed by atoms with Crippen molar-refractivity contribution in [1.82, 2.24) is 0 Å². The average molecular weight is 463 g/mol. The molecule has 0 aliphatic rings. The van der Waals surface area contributed by atoms with Gasteiger partial charge in [0.1, 0.15) is 0 Å². The Balaban J connectivity index is 1.93. The summed E-state index contributed by atoms with van der Waals surface area (Å²) >= 11 is 12.1. The maximum absolute atomic E-state index is 13.0. The largest absolute Gasteiger partial charge is 0.321 e. The molecule has 0 bridgehead atoms. The van der Waals surface area contributed by atoms with Crippen molar-refractivity contribution < 1.29 is 13.2 Å². The molecular weight excluding hydrogens is 443 g/mol. The highest BCUT2D eigenvalue weighted by Crippen LogP contribution is 2.30. The molecule has 5 nitrogen and oxygen atoms in total. The first kappa shape index (κ1) is 22.2. The van der Waals surface area contributed by atoms with Crippen LogP contribution >= 0.6 is 23.2 Å². The lowest BCUT2D eigenvalue weighted by Gasteiger charge is -2.14. The molecule has 0 aromatic heterocycles. The summed E-state index contributed by atoms with van der Waals surface area (Å²) in [6, 6.07) is 14.9. The van der Waals surface area contributed by atoms with Crippen molar-refractivity contribution in [2.24, 2.45) is 0 Å². The van der Waals surface area contributed by atoms with Crippen LogP contribution in [0.25, 0.3) is 0 Å². The molecule has 3 aromatic carbocycles. The average Bonchev–Trinajstić information content (AvgIpc) is 2.68. The molecule has 0 unspecified atom stereocenters. The van der Waals surface area contributed by atoms with Gasteiger partial charge in [-0.15, -0.1) is 0 Å². The second-order valence-electron chi connectivity index (χ2n) is 6.96. The van der Waals surface area contributed by atoms with E-state index in [2.05, 4.69) is 10.0 Å². The van der Waals surface area contributed by atoms with Gasteiger partial charge in [-0.2, -0.15) is 0 Å². The number of aryl methyl sites for hydroxylation is 3. The minimum Gasteiger partial charge on any atom is -0.321 e. The Kier molecular flexibility index (Phi) is 6.41. The SMILES string of the molecule is Cc1ccc(C)c(NS(=O)(=O)c2cc(C(=O)Nc3cccc(Cl)c3Cl)ccc2C)c1. The molecule has 0 fully saturated rings. The predicted molar refractivity (Wildman–Crippen MR) is 122 cm³/mol. The Bertz CT molecular complexity index is 1240. The maximum Gasteiger partial charge on any atom is 0.262 e. The van der Waals surface area contributed by atoms with E-state index in [1.165, 1.54) is 6.07 Å². The molecule has 0 radical (unpaired) electrons. The first-order chi connectivity index (χ1) is 14.1. The molecule has 0 heterocycles. The zero-order chi connectivity index (χ0) is 22.1. The van der Waals surface area contributed by atoms with E-state index in [0.717, 1.165) is 11.1 Å². The van der Waals surface area contributed by atoms with Gasteiger partial charge in [0.15, 0.2) is 0 Å². The Morgan fingerprint density at radius 2 is 1.57 bits per heavy atom. The van der Waals surface area contributed by atoms with Crippen LogP contribution < -0.4 is 10.0 Å². The lowest BCUT2D eigenvalue weighted by molar-refractivity contribution is 0.102. The van der Waals surface area contributed by atoms with Crippen molar-refractivity contribution in [3.63, 3.8) is 0 Å². The third-order valence-corrected chi connectivity index (χ3v) is 6.90. The van der Waals surface area contributed by atoms with Gasteiger partial charge in [-0.25, -0.2) is 8.42 Å². The Morgan fingerprint density at radius 3 is 2.30 bits per heavy atom. The molecule has 0 aliphatic heterocycles. The van der Waals surface area contributed by atoms with Crippen LogP contribution in [0.3, 0.4) is 0 Å².